The first-order chi connectivity index (χ1) is 26.3. The van der Waals surface area contributed by atoms with Gasteiger partial charge in [-0.3, -0.25) is 14.5 Å². The number of carbonyl (C=O) groups excluding carboxylic acids is 2. The van der Waals surface area contributed by atoms with E-state index < -0.39 is 21.2 Å². The highest BCUT2D eigenvalue weighted by Crippen LogP contribution is 2.56. The van der Waals surface area contributed by atoms with Crippen molar-refractivity contribution < 1.29 is 22.7 Å². The van der Waals surface area contributed by atoms with Gasteiger partial charge in [-0.05, 0) is 84.4 Å². The molecule has 2 bridgehead atoms. The van der Waals surface area contributed by atoms with E-state index in [2.05, 4.69) is 73.7 Å². The number of nitrogens with zero attached hydrogens (tertiary/aromatic N) is 3. The van der Waals surface area contributed by atoms with Gasteiger partial charge in [-0.1, -0.05) is 80.7 Å². The van der Waals surface area contributed by atoms with Gasteiger partial charge in [0.1, 0.15) is 5.75 Å². The SMILES string of the molecule is COc1ccc(C2CCCCC2)c2c1cc1n2CC2=C(C(=O)NS(=O)(=O)C3CCCC3)C2=C2C=CC[C@@H](C(=O)N3C4CC3CN(Cc3ccccc3)C4)C21. The number of hydrogen-bond donors (Lipinski definition) is 1. The van der Waals surface area contributed by atoms with Crippen molar-refractivity contribution in [3.63, 3.8) is 0 Å². The summed E-state index contributed by atoms with van der Waals surface area (Å²) in [6.45, 7) is 3.09. The third kappa shape index (κ3) is 5.61. The molecule has 5 fully saturated rings. The molecule has 282 valence electrons. The predicted molar refractivity (Wildman–Crippen MR) is 208 cm³/mol. The molecule has 2 aromatic carbocycles. The third-order valence-electron chi connectivity index (χ3n) is 13.8. The highest BCUT2D eigenvalue weighted by molar-refractivity contribution is 7.90. The minimum Gasteiger partial charge on any atom is -0.496 e. The van der Waals surface area contributed by atoms with Crippen LogP contribution in [-0.2, 0) is 32.7 Å². The first-order valence-corrected chi connectivity index (χ1v) is 21.8. The van der Waals surface area contributed by atoms with Gasteiger partial charge in [-0.25, -0.2) is 13.1 Å². The highest BCUT2D eigenvalue weighted by Gasteiger charge is 2.53. The summed E-state index contributed by atoms with van der Waals surface area (Å²) in [6, 6.07) is 17.5. The Hall–Kier alpha value is -4.15. The van der Waals surface area contributed by atoms with Crippen LogP contribution in [0.5, 0.6) is 5.75 Å². The van der Waals surface area contributed by atoms with Crippen LogP contribution in [0.25, 0.3) is 10.9 Å². The van der Waals surface area contributed by atoms with Gasteiger partial charge in [0.2, 0.25) is 15.9 Å². The van der Waals surface area contributed by atoms with E-state index in [1.165, 1.54) is 30.4 Å². The lowest BCUT2D eigenvalue weighted by Crippen LogP contribution is -2.70. The molecular weight excluding hydrogens is 697 g/mol. The number of methoxy groups -OCH3 is 1. The Morgan fingerprint density at radius 2 is 1.67 bits per heavy atom. The van der Waals surface area contributed by atoms with Gasteiger partial charge in [0, 0.05) is 55.3 Å². The van der Waals surface area contributed by atoms with Crippen LogP contribution in [0.1, 0.15) is 99.3 Å². The molecule has 4 aliphatic carbocycles. The van der Waals surface area contributed by atoms with Gasteiger partial charge < -0.3 is 14.2 Å². The number of piperidine rings is 1. The van der Waals surface area contributed by atoms with Crippen molar-refractivity contribution in [3.05, 3.63) is 99.8 Å². The number of allylic oxidation sites excluding steroid dienone is 4. The summed E-state index contributed by atoms with van der Waals surface area (Å²) < 4.78 is 37.6. The molecule has 0 radical (unpaired) electrons. The van der Waals surface area contributed by atoms with Crippen LogP contribution < -0.4 is 9.46 Å². The van der Waals surface area contributed by atoms with Crippen molar-refractivity contribution in [2.75, 3.05) is 20.2 Å². The predicted octanol–water partition coefficient (Wildman–Crippen LogP) is 6.85. The molecule has 3 saturated heterocycles. The molecule has 4 aliphatic heterocycles. The van der Waals surface area contributed by atoms with Crippen molar-refractivity contribution in [2.45, 2.75) is 113 Å². The fraction of sp³-hybridized carbons (Fsp3) is 0.500. The Kier molecular flexibility index (Phi) is 8.43. The van der Waals surface area contributed by atoms with Crippen LogP contribution in [0.3, 0.4) is 0 Å². The number of ether oxygens (including phenoxy) is 1. The summed E-state index contributed by atoms with van der Waals surface area (Å²) in [7, 11) is -2.07. The zero-order valence-corrected chi connectivity index (χ0v) is 32.0. The summed E-state index contributed by atoms with van der Waals surface area (Å²) in [4.78, 5) is 33.7. The van der Waals surface area contributed by atoms with E-state index in [0.29, 0.717) is 37.3 Å². The average molecular weight is 747 g/mol. The van der Waals surface area contributed by atoms with Crippen molar-refractivity contribution in [2.24, 2.45) is 5.92 Å². The number of piperazine rings is 1. The minimum absolute atomic E-state index is 0.188. The number of aromatic nitrogens is 1. The van der Waals surface area contributed by atoms with E-state index in [1.54, 1.807) is 7.11 Å². The molecule has 10 heteroatoms. The topological polar surface area (TPSA) is 101 Å². The molecule has 0 spiro atoms. The van der Waals surface area contributed by atoms with E-state index in [0.717, 1.165) is 90.8 Å². The second-order valence-electron chi connectivity index (χ2n) is 16.9. The lowest BCUT2D eigenvalue weighted by Gasteiger charge is -2.57. The molecule has 2 amide bonds. The maximum Gasteiger partial charge on any atom is 0.265 e. The number of nitrogens with one attached hydrogen (secondary N) is 1. The van der Waals surface area contributed by atoms with Crippen molar-refractivity contribution in [3.8, 4) is 5.75 Å². The third-order valence-corrected chi connectivity index (χ3v) is 15.6. The molecule has 11 rings (SSSR count). The zero-order valence-electron chi connectivity index (χ0n) is 31.1. The number of benzene rings is 2. The van der Waals surface area contributed by atoms with Crippen LogP contribution in [-0.4, -0.2) is 72.1 Å². The van der Waals surface area contributed by atoms with Crippen molar-refractivity contribution in [1.29, 1.82) is 0 Å². The quantitative estimate of drug-likeness (QED) is 0.271. The van der Waals surface area contributed by atoms with E-state index in [-0.39, 0.29) is 29.8 Å². The highest BCUT2D eigenvalue weighted by atomic mass is 32.2. The Labute approximate surface area is 318 Å². The smallest absolute Gasteiger partial charge is 0.265 e. The number of sulfonamides is 1. The number of hydrogen-bond acceptors (Lipinski definition) is 6. The second-order valence-corrected chi connectivity index (χ2v) is 18.8. The van der Waals surface area contributed by atoms with E-state index in [1.807, 2.05) is 6.07 Å². The van der Waals surface area contributed by atoms with Crippen LogP contribution in [0.15, 0.2) is 83.0 Å². The number of rotatable bonds is 8. The molecular formula is C44H50N4O5S. The van der Waals surface area contributed by atoms with E-state index >= 15 is 4.79 Å². The molecule has 4 atom stereocenters. The Balaban J connectivity index is 1.04. The molecule has 3 unspecified atom stereocenters. The molecule has 1 aromatic heterocycles. The Bertz CT molecular complexity index is 2230. The van der Waals surface area contributed by atoms with Crippen LogP contribution in [0.2, 0.25) is 0 Å². The standard InChI is InChI=1S/C44H50N4O5S/c1-53-38-20-19-32(28-13-6-3-7-14-28)42-35(38)22-37-39-33(40-36(26-47(37)42)41(40)43(49)45-54(51,52)31-15-8-9-16-31)17-10-18-34(39)44(50)48-29-21-30(48)25-46(24-29)23-27-11-4-2-5-12-27/h2,4-5,10-12,17,19-20,22,28-31,34,39H,3,6-9,13-16,18,21,23-26H2,1H3,(H,45,49)/t29?,30?,34-,39?/m1/s1. The molecule has 5 heterocycles. The lowest BCUT2D eigenvalue weighted by molar-refractivity contribution is -0.159. The van der Waals surface area contributed by atoms with E-state index in [4.69, 9.17) is 4.74 Å². The fourth-order valence-electron chi connectivity index (χ4n) is 11.2. The lowest BCUT2D eigenvalue weighted by atomic mass is 9.74. The first-order valence-electron chi connectivity index (χ1n) is 20.3. The van der Waals surface area contributed by atoms with Gasteiger partial charge in [0.05, 0.1) is 29.4 Å². The Morgan fingerprint density at radius 3 is 2.41 bits per heavy atom. The second kappa shape index (κ2) is 13.3. The summed E-state index contributed by atoms with van der Waals surface area (Å²) in [5.74, 6) is 0.300. The molecule has 2 saturated carbocycles. The van der Waals surface area contributed by atoms with Crippen molar-refractivity contribution in [1.82, 2.24) is 19.1 Å². The summed E-state index contributed by atoms with van der Waals surface area (Å²) >= 11 is 0. The normalized spacial score (nSPS) is 26.9. The van der Waals surface area contributed by atoms with Crippen LogP contribution in [0, 0.1) is 5.92 Å². The molecule has 9 nitrogen and oxygen atoms in total. The Morgan fingerprint density at radius 1 is 0.926 bits per heavy atom. The van der Waals surface area contributed by atoms with Gasteiger partial charge >= 0.3 is 0 Å². The summed E-state index contributed by atoms with van der Waals surface area (Å²) in [5, 5.41) is 0.523. The maximum absolute atomic E-state index is 15.0. The van der Waals surface area contributed by atoms with Crippen LogP contribution >= 0.6 is 0 Å². The van der Waals surface area contributed by atoms with Gasteiger partial charge in [-0.15, -0.1) is 0 Å². The fourth-order valence-corrected chi connectivity index (χ4v) is 12.7. The van der Waals surface area contributed by atoms with Crippen molar-refractivity contribution >= 4 is 32.7 Å². The monoisotopic (exact) mass is 746 g/mol. The van der Waals surface area contributed by atoms with Gasteiger partial charge in [0.15, 0.2) is 0 Å². The summed E-state index contributed by atoms with van der Waals surface area (Å²) in [6.07, 6.45) is 14.7. The van der Waals surface area contributed by atoms with Gasteiger partial charge in [0.25, 0.3) is 5.91 Å². The van der Waals surface area contributed by atoms with Crippen LogP contribution in [0.4, 0.5) is 0 Å². The van der Waals surface area contributed by atoms with E-state index in [9.17, 15) is 13.2 Å². The number of amides is 2. The molecule has 54 heavy (non-hydrogen) atoms. The number of fused-ring (bicyclic) bond motifs is 8. The minimum atomic E-state index is -3.79. The largest absolute Gasteiger partial charge is 0.496 e. The number of carbonyl (C=O) groups is 2. The first kappa shape index (κ1) is 34.3. The average Bonchev–Trinajstić information content (AvgIpc) is 3.45. The summed E-state index contributed by atoms with van der Waals surface area (Å²) in [5.41, 5.74) is 8.02. The molecule has 3 aromatic rings. The molecule has 1 N–H and O–H groups in total. The van der Waals surface area contributed by atoms with Gasteiger partial charge in [-0.2, -0.15) is 0 Å². The molecule has 8 aliphatic rings. The zero-order chi connectivity index (χ0) is 36.7. The maximum atomic E-state index is 15.0.